The summed E-state index contributed by atoms with van der Waals surface area (Å²) >= 11 is 1.47. The highest BCUT2D eigenvalue weighted by atomic mass is 32.2. The molecule has 5 nitrogen and oxygen atoms in total. The lowest BCUT2D eigenvalue weighted by molar-refractivity contribution is 0.114. The number of allylic oxidation sites excluding steroid dienone is 2. The highest BCUT2D eigenvalue weighted by Crippen LogP contribution is 2.40. The average molecular weight is 354 g/mol. The second-order valence-electron chi connectivity index (χ2n) is 6.81. The SMILES string of the molecule is CSc1nnc2c(n1)O[C@H]([C@@H]1CC=C(C)C[C@@H]1C)Nc1ccccc1-2. The molecule has 130 valence electrons. The molecule has 0 bridgehead atoms. The molecule has 0 radical (unpaired) electrons. The van der Waals surface area contributed by atoms with Gasteiger partial charge in [-0.25, -0.2) is 0 Å². The largest absolute Gasteiger partial charge is 0.452 e. The standard InChI is InChI=1S/C19H22N4OS/c1-11-8-9-13(12(2)10-11)17-20-15-7-5-4-6-14(15)16-18(24-17)21-19(25-3)23-22-16/h4-8,12-13,17,20H,9-10H2,1-3H3/t12-,13+,17+/m0/s1. The van der Waals surface area contributed by atoms with Gasteiger partial charge in [-0.1, -0.05) is 48.5 Å². The Morgan fingerprint density at radius 3 is 2.88 bits per heavy atom. The molecule has 0 fully saturated rings. The monoisotopic (exact) mass is 354 g/mol. The van der Waals surface area contributed by atoms with Gasteiger partial charge in [0.2, 0.25) is 11.0 Å². The molecule has 4 rings (SSSR count). The molecule has 2 heterocycles. The lowest BCUT2D eigenvalue weighted by atomic mass is 9.80. The van der Waals surface area contributed by atoms with Crippen LogP contribution in [0.4, 0.5) is 5.69 Å². The first-order valence-corrected chi connectivity index (χ1v) is 9.85. The Bertz CT molecular complexity index is 823. The predicted molar refractivity (Wildman–Crippen MR) is 101 cm³/mol. The molecule has 1 N–H and O–H groups in total. The third kappa shape index (κ3) is 3.11. The van der Waals surface area contributed by atoms with Crippen molar-refractivity contribution in [2.24, 2.45) is 11.8 Å². The van der Waals surface area contributed by atoms with E-state index in [2.05, 4.69) is 46.5 Å². The fraction of sp³-hybridized carbons (Fsp3) is 0.421. The number of thioether (sulfide) groups is 1. The summed E-state index contributed by atoms with van der Waals surface area (Å²) in [6.07, 6.45) is 6.27. The number of hydrogen-bond donors (Lipinski definition) is 1. The van der Waals surface area contributed by atoms with Gasteiger partial charge in [0, 0.05) is 17.2 Å². The van der Waals surface area contributed by atoms with Crippen LogP contribution in [0.25, 0.3) is 11.3 Å². The molecule has 0 saturated carbocycles. The molecule has 0 amide bonds. The minimum Gasteiger partial charge on any atom is -0.452 e. The molecule has 1 aromatic carbocycles. The zero-order valence-electron chi connectivity index (χ0n) is 14.7. The van der Waals surface area contributed by atoms with E-state index in [0.717, 1.165) is 24.1 Å². The van der Waals surface area contributed by atoms with Crippen molar-refractivity contribution < 1.29 is 4.74 Å². The van der Waals surface area contributed by atoms with Crippen molar-refractivity contribution in [3.63, 3.8) is 0 Å². The summed E-state index contributed by atoms with van der Waals surface area (Å²) in [5.41, 5.74) is 4.19. The van der Waals surface area contributed by atoms with Crippen LogP contribution in [0.2, 0.25) is 0 Å². The van der Waals surface area contributed by atoms with Gasteiger partial charge in [-0.05, 0) is 38.0 Å². The maximum absolute atomic E-state index is 6.36. The maximum atomic E-state index is 6.36. The molecule has 3 atom stereocenters. The highest BCUT2D eigenvalue weighted by Gasteiger charge is 2.34. The van der Waals surface area contributed by atoms with Crippen LogP contribution in [0, 0.1) is 11.8 Å². The normalized spacial score (nSPS) is 24.9. The first kappa shape index (κ1) is 16.4. The van der Waals surface area contributed by atoms with Gasteiger partial charge in [0.15, 0.2) is 11.9 Å². The van der Waals surface area contributed by atoms with Gasteiger partial charge in [-0.2, -0.15) is 4.98 Å². The zero-order chi connectivity index (χ0) is 17.4. The molecule has 0 saturated heterocycles. The molecule has 6 heteroatoms. The molecule has 0 unspecified atom stereocenters. The number of aromatic nitrogens is 3. The minimum atomic E-state index is -0.131. The number of nitrogens with one attached hydrogen (secondary N) is 1. The number of benzene rings is 1. The van der Waals surface area contributed by atoms with Gasteiger partial charge in [-0.15, -0.1) is 10.2 Å². The summed E-state index contributed by atoms with van der Waals surface area (Å²) < 4.78 is 6.36. The first-order valence-electron chi connectivity index (χ1n) is 8.62. The average Bonchev–Trinajstić information content (AvgIpc) is 2.77. The van der Waals surface area contributed by atoms with Gasteiger partial charge >= 0.3 is 0 Å². The summed E-state index contributed by atoms with van der Waals surface area (Å²) in [6, 6.07) is 8.14. The van der Waals surface area contributed by atoms with Crippen LogP contribution in [-0.2, 0) is 0 Å². The molecule has 1 aliphatic heterocycles. The van der Waals surface area contributed by atoms with Crippen LogP contribution in [0.15, 0.2) is 41.1 Å². The summed E-state index contributed by atoms with van der Waals surface area (Å²) in [4.78, 5) is 4.59. The number of nitrogens with zero attached hydrogens (tertiary/aromatic N) is 3. The first-order chi connectivity index (χ1) is 12.2. The number of rotatable bonds is 2. The van der Waals surface area contributed by atoms with E-state index in [1.54, 1.807) is 0 Å². The van der Waals surface area contributed by atoms with Crippen molar-refractivity contribution in [1.29, 1.82) is 0 Å². The van der Waals surface area contributed by atoms with E-state index >= 15 is 0 Å². The fourth-order valence-corrected chi connectivity index (χ4v) is 3.98. The number of anilines is 1. The Hall–Kier alpha value is -2.08. The van der Waals surface area contributed by atoms with Crippen molar-refractivity contribution in [3.8, 4) is 17.1 Å². The van der Waals surface area contributed by atoms with Gasteiger partial charge in [0.05, 0.1) is 0 Å². The molecule has 0 spiro atoms. The number of para-hydroxylation sites is 1. The second kappa shape index (κ2) is 6.67. The van der Waals surface area contributed by atoms with Crippen molar-refractivity contribution in [1.82, 2.24) is 15.2 Å². The van der Waals surface area contributed by atoms with Gasteiger partial charge in [-0.3, -0.25) is 0 Å². The maximum Gasteiger partial charge on any atom is 0.247 e. The predicted octanol–water partition coefficient (Wildman–Crippen LogP) is 4.38. The smallest absolute Gasteiger partial charge is 0.247 e. The Morgan fingerprint density at radius 2 is 2.08 bits per heavy atom. The second-order valence-corrected chi connectivity index (χ2v) is 7.59. The van der Waals surface area contributed by atoms with Crippen molar-refractivity contribution in [3.05, 3.63) is 35.9 Å². The topological polar surface area (TPSA) is 59.9 Å². The van der Waals surface area contributed by atoms with Crippen molar-refractivity contribution in [2.45, 2.75) is 38.1 Å². The van der Waals surface area contributed by atoms with E-state index < -0.39 is 0 Å². The summed E-state index contributed by atoms with van der Waals surface area (Å²) in [6.45, 7) is 4.51. The number of fused-ring (bicyclic) bond motifs is 3. The van der Waals surface area contributed by atoms with E-state index in [9.17, 15) is 0 Å². The van der Waals surface area contributed by atoms with Crippen LogP contribution in [-0.4, -0.2) is 27.7 Å². The Morgan fingerprint density at radius 1 is 1.24 bits per heavy atom. The zero-order valence-corrected chi connectivity index (χ0v) is 15.5. The lowest BCUT2D eigenvalue weighted by Crippen LogP contribution is -2.39. The third-order valence-corrected chi connectivity index (χ3v) is 5.58. The van der Waals surface area contributed by atoms with Crippen LogP contribution in [0.3, 0.4) is 0 Å². The van der Waals surface area contributed by atoms with Gasteiger partial charge in [0.1, 0.15) is 0 Å². The summed E-state index contributed by atoms with van der Waals surface area (Å²) in [5.74, 6) is 1.50. The number of ether oxygens (including phenoxy) is 1. The molecular weight excluding hydrogens is 332 g/mol. The highest BCUT2D eigenvalue weighted by molar-refractivity contribution is 7.98. The molecule has 1 aromatic heterocycles. The van der Waals surface area contributed by atoms with Gasteiger partial charge < -0.3 is 10.1 Å². The van der Waals surface area contributed by atoms with E-state index in [-0.39, 0.29) is 6.23 Å². The minimum absolute atomic E-state index is 0.131. The van der Waals surface area contributed by atoms with E-state index in [0.29, 0.717) is 28.6 Å². The van der Waals surface area contributed by atoms with E-state index in [4.69, 9.17) is 4.74 Å². The Kier molecular flexibility index (Phi) is 4.37. The molecule has 2 aliphatic rings. The van der Waals surface area contributed by atoms with Crippen LogP contribution in [0.1, 0.15) is 26.7 Å². The number of hydrogen-bond acceptors (Lipinski definition) is 6. The fourth-order valence-electron chi connectivity index (χ4n) is 3.68. The molecule has 25 heavy (non-hydrogen) atoms. The quantitative estimate of drug-likeness (QED) is 0.638. The van der Waals surface area contributed by atoms with Crippen molar-refractivity contribution >= 4 is 17.4 Å². The van der Waals surface area contributed by atoms with E-state index in [1.807, 2.05) is 24.5 Å². The molecule has 1 aliphatic carbocycles. The summed E-state index contributed by atoms with van der Waals surface area (Å²) in [7, 11) is 0. The lowest BCUT2D eigenvalue weighted by Gasteiger charge is -2.34. The molecular formula is C19H22N4OS. The van der Waals surface area contributed by atoms with E-state index in [1.165, 1.54) is 17.3 Å². The molecule has 2 aromatic rings. The van der Waals surface area contributed by atoms with Crippen molar-refractivity contribution in [2.75, 3.05) is 11.6 Å². The van der Waals surface area contributed by atoms with Crippen LogP contribution in [0.5, 0.6) is 5.88 Å². The third-order valence-electron chi connectivity index (χ3n) is 5.04. The summed E-state index contributed by atoms with van der Waals surface area (Å²) in [5, 5.41) is 12.8. The Labute approximate surface area is 152 Å². The van der Waals surface area contributed by atoms with Gasteiger partial charge in [0.25, 0.3) is 0 Å². The van der Waals surface area contributed by atoms with Crippen LogP contribution < -0.4 is 10.1 Å². The van der Waals surface area contributed by atoms with Crippen LogP contribution >= 0.6 is 11.8 Å². The Balaban J connectivity index is 1.77.